The van der Waals surface area contributed by atoms with E-state index in [2.05, 4.69) is 23.8 Å². The minimum absolute atomic E-state index is 0.172. The van der Waals surface area contributed by atoms with Gasteiger partial charge in [-0.3, -0.25) is 24.5 Å². The minimum Gasteiger partial charge on any atom is -0.452 e. The number of Topliss-reactive ketones (excluding diaryl/α,β-unsaturated/α-hetero) is 1. The van der Waals surface area contributed by atoms with Crippen molar-refractivity contribution in [2.75, 3.05) is 14.2 Å². The number of nitrogens with one attached hydrogen (secondary N) is 2. The number of likely N-dealkylation sites (N-methyl/N-ethyl adjacent to an activating group) is 1. The molecule has 1 heterocycles. The smallest absolute Gasteiger partial charge is 0.312 e. The third-order valence-corrected chi connectivity index (χ3v) is 8.37. The average Bonchev–Trinajstić information content (AvgIpc) is 3.02. The molecule has 238 valence electrons. The van der Waals surface area contributed by atoms with E-state index in [1.165, 1.54) is 4.90 Å². The molecule has 1 aliphatic heterocycles. The molecule has 0 saturated carbocycles. The summed E-state index contributed by atoms with van der Waals surface area (Å²) in [5.74, 6) is -2.22. The summed E-state index contributed by atoms with van der Waals surface area (Å²) in [7, 11) is 3.09. The largest absolute Gasteiger partial charge is 0.452 e. The highest BCUT2D eigenvalue weighted by Crippen LogP contribution is 2.22. The van der Waals surface area contributed by atoms with Crippen molar-refractivity contribution in [3.05, 3.63) is 54.6 Å². The molecule has 0 bridgehead atoms. The van der Waals surface area contributed by atoms with Crippen LogP contribution in [-0.2, 0) is 28.7 Å². The standard InChI is InChI=1S/C34H51N3O6/c1-10-12-19-29(42-9)22(5)34(41)43-31(21(3)4)33(40)37(8)24(7)30(38)27-17-14-18-28(36-27)32(39)35-23(6)26-16-13-15-25(11-2)20-26/h10-11,13,15-16,20-24,27-29,31,36H,1-2,12,14,17-19H2,3-9H3,(H,35,39)/t22-,23+,24+,27-,28+,29?,31+/m1/s1. The molecule has 1 aliphatic rings. The van der Waals surface area contributed by atoms with Gasteiger partial charge in [0.2, 0.25) is 5.91 Å². The first kappa shape index (κ1) is 35.9. The van der Waals surface area contributed by atoms with Crippen molar-refractivity contribution in [2.24, 2.45) is 11.8 Å². The van der Waals surface area contributed by atoms with Crippen LogP contribution in [0.25, 0.3) is 6.08 Å². The van der Waals surface area contributed by atoms with Gasteiger partial charge in [0.15, 0.2) is 11.9 Å². The summed E-state index contributed by atoms with van der Waals surface area (Å²) in [6, 6.07) is 5.69. The monoisotopic (exact) mass is 597 g/mol. The molecule has 9 nitrogen and oxygen atoms in total. The van der Waals surface area contributed by atoms with Crippen LogP contribution < -0.4 is 10.6 Å². The first-order valence-electron chi connectivity index (χ1n) is 15.3. The zero-order chi connectivity index (χ0) is 32.3. The highest BCUT2D eigenvalue weighted by Gasteiger charge is 2.38. The van der Waals surface area contributed by atoms with Crippen LogP contribution in [0.15, 0.2) is 43.5 Å². The van der Waals surface area contributed by atoms with E-state index in [4.69, 9.17) is 9.47 Å². The van der Waals surface area contributed by atoms with E-state index in [1.54, 1.807) is 54.0 Å². The molecule has 2 amide bonds. The van der Waals surface area contributed by atoms with Crippen molar-refractivity contribution in [1.82, 2.24) is 15.5 Å². The fourth-order valence-electron chi connectivity index (χ4n) is 5.30. The number of amides is 2. The van der Waals surface area contributed by atoms with Gasteiger partial charge in [-0.25, -0.2) is 0 Å². The van der Waals surface area contributed by atoms with Crippen molar-refractivity contribution in [2.45, 2.75) is 103 Å². The van der Waals surface area contributed by atoms with Gasteiger partial charge < -0.3 is 19.7 Å². The van der Waals surface area contributed by atoms with Crippen LogP contribution in [0, 0.1) is 11.8 Å². The number of hydrogen-bond acceptors (Lipinski definition) is 7. The number of rotatable bonds is 16. The quantitative estimate of drug-likeness (QED) is 0.211. The van der Waals surface area contributed by atoms with Crippen LogP contribution in [0.4, 0.5) is 0 Å². The highest BCUT2D eigenvalue weighted by molar-refractivity contribution is 5.94. The molecule has 2 rings (SSSR count). The molecule has 0 radical (unpaired) electrons. The lowest BCUT2D eigenvalue weighted by Crippen LogP contribution is -2.58. The van der Waals surface area contributed by atoms with E-state index in [-0.39, 0.29) is 29.8 Å². The second kappa shape index (κ2) is 17.1. The Kier molecular flexibility index (Phi) is 14.3. The number of allylic oxidation sites excluding steroid dienone is 1. The maximum absolute atomic E-state index is 13.5. The first-order valence-corrected chi connectivity index (χ1v) is 15.3. The van der Waals surface area contributed by atoms with Gasteiger partial charge >= 0.3 is 5.97 Å². The second-order valence-corrected chi connectivity index (χ2v) is 11.9. The number of ether oxygens (including phenoxy) is 2. The van der Waals surface area contributed by atoms with Crippen molar-refractivity contribution in [3.63, 3.8) is 0 Å². The summed E-state index contributed by atoms with van der Waals surface area (Å²) < 4.78 is 11.2. The molecule has 43 heavy (non-hydrogen) atoms. The minimum atomic E-state index is -1.05. The molecular formula is C34H51N3O6. The molecule has 1 aromatic carbocycles. The number of hydrogen-bond donors (Lipinski definition) is 2. The van der Waals surface area contributed by atoms with Crippen LogP contribution in [0.3, 0.4) is 0 Å². The predicted octanol–water partition coefficient (Wildman–Crippen LogP) is 4.62. The van der Waals surface area contributed by atoms with E-state index < -0.39 is 42.0 Å². The summed E-state index contributed by atoms with van der Waals surface area (Å²) in [6.07, 6.45) is 5.27. The summed E-state index contributed by atoms with van der Waals surface area (Å²) in [5, 5.41) is 6.27. The Balaban J connectivity index is 2.04. The van der Waals surface area contributed by atoms with Crippen LogP contribution in [-0.4, -0.2) is 73.0 Å². The molecule has 1 unspecified atom stereocenters. The Hall–Kier alpha value is -3.30. The van der Waals surface area contributed by atoms with Gasteiger partial charge in [0.1, 0.15) is 0 Å². The maximum Gasteiger partial charge on any atom is 0.312 e. The Bertz CT molecular complexity index is 1130. The van der Waals surface area contributed by atoms with Crippen LogP contribution in [0.1, 0.15) is 83.9 Å². The number of ketones is 1. The van der Waals surface area contributed by atoms with E-state index in [1.807, 2.05) is 31.2 Å². The molecule has 1 fully saturated rings. The Morgan fingerprint density at radius 3 is 2.37 bits per heavy atom. The number of esters is 1. The normalized spacial score (nSPS) is 20.2. The number of nitrogens with zero attached hydrogens (tertiary/aromatic N) is 1. The van der Waals surface area contributed by atoms with Gasteiger partial charge in [-0.05, 0) is 76.0 Å². The van der Waals surface area contributed by atoms with Crippen molar-refractivity contribution >= 4 is 29.6 Å². The lowest BCUT2D eigenvalue weighted by molar-refractivity contribution is -0.170. The molecule has 2 N–H and O–H groups in total. The number of methoxy groups -OCH3 is 1. The lowest BCUT2D eigenvalue weighted by Gasteiger charge is -2.35. The summed E-state index contributed by atoms with van der Waals surface area (Å²) >= 11 is 0. The van der Waals surface area contributed by atoms with Gasteiger partial charge in [-0.2, -0.15) is 0 Å². The van der Waals surface area contributed by atoms with E-state index >= 15 is 0 Å². The Morgan fingerprint density at radius 1 is 1.09 bits per heavy atom. The van der Waals surface area contributed by atoms with Gasteiger partial charge in [0, 0.05) is 14.2 Å². The van der Waals surface area contributed by atoms with E-state index in [9.17, 15) is 19.2 Å². The predicted molar refractivity (Wildman–Crippen MR) is 169 cm³/mol. The molecule has 0 aliphatic carbocycles. The lowest BCUT2D eigenvalue weighted by atomic mass is 9.92. The van der Waals surface area contributed by atoms with Crippen molar-refractivity contribution in [1.29, 1.82) is 0 Å². The topological polar surface area (TPSA) is 114 Å². The summed E-state index contributed by atoms with van der Waals surface area (Å²) in [6.45, 7) is 16.4. The zero-order valence-electron chi connectivity index (χ0n) is 26.9. The molecule has 9 heteroatoms. The third kappa shape index (κ3) is 9.86. The first-order chi connectivity index (χ1) is 20.4. The Morgan fingerprint density at radius 2 is 1.77 bits per heavy atom. The highest BCUT2D eigenvalue weighted by atomic mass is 16.6. The van der Waals surface area contributed by atoms with E-state index in [0.717, 1.165) is 11.1 Å². The molecule has 0 spiro atoms. The van der Waals surface area contributed by atoms with Crippen molar-refractivity contribution in [3.8, 4) is 0 Å². The van der Waals surface area contributed by atoms with Gasteiger partial charge in [0.05, 0.1) is 36.2 Å². The fraction of sp³-hybridized carbons (Fsp3) is 0.588. The number of carbonyl (C=O) groups is 4. The molecule has 1 saturated heterocycles. The van der Waals surface area contributed by atoms with Gasteiger partial charge in [-0.1, -0.05) is 50.8 Å². The number of piperidine rings is 1. The van der Waals surface area contributed by atoms with Crippen LogP contribution in [0.2, 0.25) is 0 Å². The average molecular weight is 598 g/mol. The van der Waals surface area contributed by atoms with E-state index in [0.29, 0.717) is 32.1 Å². The fourth-order valence-corrected chi connectivity index (χ4v) is 5.30. The zero-order valence-corrected chi connectivity index (χ0v) is 26.9. The Labute approximate surface area is 257 Å². The molecule has 1 aromatic rings. The second-order valence-electron chi connectivity index (χ2n) is 11.9. The number of benzene rings is 1. The van der Waals surface area contributed by atoms with Crippen LogP contribution in [0.5, 0.6) is 0 Å². The summed E-state index contributed by atoms with van der Waals surface area (Å²) in [4.78, 5) is 54.5. The molecular weight excluding hydrogens is 546 g/mol. The van der Waals surface area contributed by atoms with Gasteiger partial charge in [-0.15, -0.1) is 6.58 Å². The van der Waals surface area contributed by atoms with Crippen molar-refractivity contribution < 1.29 is 28.7 Å². The SMILES string of the molecule is C=CCCC(OC)[C@@H](C)C(=O)O[C@H](C(=O)N(C)[C@@H](C)C(=O)[C@H]1CCC[C@@H](C(=O)N[C@@H](C)c2cccc(C=C)c2)N1)C(C)C. The molecule has 0 aromatic heterocycles. The summed E-state index contributed by atoms with van der Waals surface area (Å²) in [5.41, 5.74) is 1.94. The third-order valence-electron chi connectivity index (χ3n) is 8.37. The molecule has 7 atom stereocenters. The van der Waals surface area contributed by atoms with Crippen LogP contribution >= 0.6 is 0 Å². The van der Waals surface area contributed by atoms with Gasteiger partial charge in [0.25, 0.3) is 5.91 Å². The number of carbonyl (C=O) groups excluding carboxylic acids is 4. The maximum atomic E-state index is 13.5.